The predicted octanol–water partition coefficient (Wildman–Crippen LogP) is 4.48. The summed E-state index contributed by atoms with van der Waals surface area (Å²) in [5.74, 6) is 1.63. The fraction of sp³-hybridized carbons (Fsp3) is 0.143. The number of hydrogen-bond donors (Lipinski definition) is 1. The van der Waals surface area contributed by atoms with Gasteiger partial charge in [-0.15, -0.1) is 0 Å². The highest BCUT2D eigenvalue weighted by molar-refractivity contribution is 7.22. The van der Waals surface area contributed by atoms with Crippen molar-refractivity contribution in [3.8, 4) is 17.2 Å². The molecule has 1 heterocycles. The fourth-order valence-electron chi connectivity index (χ4n) is 2.86. The molecule has 0 spiro atoms. The van der Waals surface area contributed by atoms with Crippen LogP contribution in [0.1, 0.15) is 0 Å². The number of benzene rings is 3. The molecule has 0 unspecified atom stereocenters. The van der Waals surface area contributed by atoms with Crippen LogP contribution in [0.3, 0.4) is 0 Å². The normalized spacial score (nSPS) is 10.8. The number of carbonyl (C=O) groups is 1. The molecule has 4 rings (SSSR count). The van der Waals surface area contributed by atoms with Gasteiger partial charge in [0.1, 0.15) is 22.8 Å². The Bertz CT molecular complexity index is 1160. The topological polar surface area (TPSA) is 69.7 Å². The molecule has 4 aromatic rings. The van der Waals surface area contributed by atoms with E-state index in [9.17, 15) is 4.79 Å². The lowest BCUT2D eigenvalue weighted by atomic mass is 10.1. The van der Waals surface area contributed by atoms with E-state index in [2.05, 4.69) is 10.3 Å². The Balaban J connectivity index is 1.45. The molecule has 0 radical (unpaired) electrons. The molecule has 0 aliphatic rings. The zero-order chi connectivity index (χ0) is 19.5. The third-order valence-electron chi connectivity index (χ3n) is 4.23. The summed E-state index contributed by atoms with van der Waals surface area (Å²) in [5, 5.41) is 5.44. The van der Waals surface area contributed by atoms with Crippen molar-refractivity contribution >= 4 is 43.4 Å². The minimum absolute atomic E-state index is 0.102. The first kappa shape index (κ1) is 18.1. The van der Waals surface area contributed by atoms with Crippen LogP contribution in [0.25, 0.3) is 21.0 Å². The number of ether oxygens (including phenoxy) is 3. The molecule has 142 valence electrons. The Morgan fingerprint density at radius 3 is 2.61 bits per heavy atom. The second-order valence-electron chi connectivity index (χ2n) is 6.04. The third-order valence-corrected chi connectivity index (χ3v) is 5.14. The lowest BCUT2D eigenvalue weighted by Gasteiger charge is -2.07. The standard InChI is InChI=1S/C21H18N2O4S/c1-25-16-10-17(26-2)20-18(11-16)28-21(23-20)22-19(24)12-27-15-8-7-13-5-3-4-6-14(13)9-15/h3-11H,12H2,1-2H3,(H,22,23,24). The number of anilines is 1. The van der Waals surface area contributed by atoms with Gasteiger partial charge in [-0.2, -0.15) is 0 Å². The predicted molar refractivity (Wildman–Crippen MR) is 111 cm³/mol. The summed E-state index contributed by atoms with van der Waals surface area (Å²) in [6.07, 6.45) is 0. The van der Waals surface area contributed by atoms with E-state index in [0.29, 0.717) is 27.9 Å². The number of amides is 1. The summed E-state index contributed by atoms with van der Waals surface area (Å²) >= 11 is 1.35. The van der Waals surface area contributed by atoms with Crippen LogP contribution >= 0.6 is 11.3 Å². The smallest absolute Gasteiger partial charge is 0.264 e. The molecule has 0 saturated carbocycles. The van der Waals surface area contributed by atoms with Gasteiger partial charge in [0.05, 0.1) is 18.9 Å². The van der Waals surface area contributed by atoms with Crippen LogP contribution in [-0.2, 0) is 4.79 Å². The van der Waals surface area contributed by atoms with Crippen LogP contribution < -0.4 is 19.5 Å². The van der Waals surface area contributed by atoms with E-state index in [1.165, 1.54) is 11.3 Å². The molecular formula is C21H18N2O4S. The average molecular weight is 394 g/mol. The fourth-order valence-corrected chi connectivity index (χ4v) is 3.79. The van der Waals surface area contributed by atoms with E-state index in [0.717, 1.165) is 15.5 Å². The van der Waals surface area contributed by atoms with Gasteiger partial charge in [0.2, 0.25) is 0 Å². The minimum Gasteiger partial charge on any atom is -0.497 e. The summed E-state index contributed by atoms with van der Waals surface area (Å²) in [6, 6.07) is 17.3. The number of methoxy groups -OCH3 is 2. The van der Waals surface area contributed by atoms with Crippen molar-refractivity contribution in [2.45, 2.75) is 0 Å². The summed E-state index contributed by atoms with van der Waals surface area (Å²) in [6.45, 7) is -0.102. The Morgan fingerprint density at radius 1 is 1.00 bits per heavy atom. The molecule has 0 saturated heterocycles. The van der Waals surface area contributed by atoms with Crippen molar-refractivity contribution in [2.24, 2.45) is 0 Å². The molecule has 1 aromatic heterocycles. The van der Waals surface area contributed by atoms with Crippen LogP contribution in [0, 0.1) is 0 Å². The average Bonchev–Trinajstić information content (AvgIpc) is 3.13. The van der Waals surface area contributed by atoms with Crippen molar-refractivity contribution < 1.29 is 19.0 Å². The quantitative estimate of drug-likeness (QED) is 0.522. The molecule has 0 aliphatic carbocycles. The van der Waals surface area contributed by atoms with E-state index < -0.39 is 0 Å². The van der Waals surface area contributed by atoms with Gasteiger partial charge in [-0.05, 0) is 29.0 Å². The van der Waals surface area contributed by atoms with Crippen molar-refractivity contribution in [3.05, 3.63) is 54.6 Å². The number of hydrogen-bond acceptors (Lipinski definition) is 6. The summed E-state index contributed by atoms with van der Waals surface area (Å²) < 4.78 is 17.1. The van der Waals surface area contributed by atoms with E-state index in [1.54, 1.807) is 20.3 Å². The summed E-state index contributed by atoms with van der Waals surface area (Å²) in [7, 11) is 3.16. The largest absolute Gasteiger partial charge is 0.497 e. The lowest BCUT2D eigenvalue weighted by Crippen LogP contribution is -2.19. The molecule has 28 heavy (non-hydrogen) atoms. The van der Waals surface area contributed by atoms with E-state index in [4.69, 9.17) is 14.2 Å². The van der Waals surface area contributed by atoms with Gasteiger partial charge in [-0.1, -0.05) is 41.7 Å². The molecule has 0 aliphatic heterocycles. The van der Waals surface area contributed by atoms with E-state index in [-0.39, 0.29) is 12.5 Å². The number of thiazole rings is 1. The van der Waals surface area contributed by atoms with E-state index >= 15 is 0 Å². The Kier molecular flexibility index (Phi) is 4.99. The monoisotopic (exact) mass is 394 g/mol. The van der Waals surface area contributed by atoms with Crippen LogP contribution in [0.2, 0.25) is 0 Å². The Labute approximate surface area is 165 Å². The van der Waals surface area contributed by atoms with Gasteiger partial charge in [-0.3, -0.25) is 10.1 Å². The zero-order valence-corrected chi connectivity index (χ0v) is 16.2. The van der Waals surface area contributed by atoms with Gasteiger partial charge in [0.25, 0.3) is 5.91 Å². The first-order valence-electron chi connectivity index (χ1n) is 8.60. The van der Waals surface area contributed by atoms with Gasteiger partial charge >= 0.3 is 0 Å². The molecule has 3 aromatic carbocycles. The van der Waals surface area contributed by atoms with E-state index in [1.807, 2.05) is 48.5 Å². The summed E-state index contributed by atoms with van der Waals surface area (Å²) in [4.78, 5) is 16.7. The van der Waals surface area contributed by atoms with Crippen LogP contribution in [0.4, 0.5) is 5.13 Å². The number of fused-ring (bicyclic) bond motifs is 2. The molecule has 0 fully saturated rings. The second-order valence-corrected chi connectivity index (χ2v) is 7.07. The Morgan fingerprint density at radius 2 is 1.82 bits per heavy atom. The molecular weight excluding hydrogens is 376 g/mol. The number of rotatable bonds is 6. The van der Waals surface area contributed by atoms with Crippen LogP contribution in [0.15, 0.2) is 54.6 Å². The number of nitrogens with zero attached hydrogens (tertiary/aromatic N) is 1. The minimum atomic E-state index is -0.279. The van der Waals surface area contributed by atoms with Crippen LogP contribution in [0.5, 0.6) is 17.2 Å². The van der Waals surface area contributed by atoms with Crippen molar-refractivity contribution in [3.63, 3.8) is 0 Å². The molecule has 1 N–H and O–H groups in total. The highest BCUT2D eigenvalue weighted by atomic mass is 32.1. The SMILES string of the molecule is COc1cc(OC)c2nc(NC(=O)COc3ccc4ccccc4c3)sc2c1. The van der Waals surface area contributed by atoms with Gasteiger partial charge < -0.3 is 14.2 Å². The highest BCUT2D eigenvalue weighted by Crippen LogP contribution is 2.36. The number of nitrogens with one attached hydrogen (secondary N) is 1. The van der Waals surface area contributed by atoms with Crippen LogP contribution in [-0.4, -0.2) is 31.7 Å². The van der Waals surface area contributed by atoms with Crippen molar-refractivity contribution in [1.82, 2.24) is 4.98 Å². The number of aromatic nitrogens is 1. The maximum absolute atomic E-state index is 12.3. The van der Waals surface area contributed by atoms with Gasteiger partial charge in [0.15, 0.2) is 11.7 Å². The third kappa shape index (κ3) is 3.70. The maximum atomic E-state index is 12.3. The van der Waals surface area contributed by atoms with Gasteiger partial charge in [0, 0.05) is 6.07 Å². The molecule has 0 bridgehead atoms. The van der Waals surface area contributed by atoms with Gasteiger partial charge in [-0.25, -0.2) is 4.98 Å². The molecule has 6 nitrogen and oxygen atoms in total. The van der Waals surface area contributed by atoms with Crippen molar-refractivity contribution in [1.29, 1.82) is 0 Å². The molecule has 1 amide bonds. The summed E-state index contributed by atoms with van der Waals surface area (Å²) in [5.41, 5.74) is 0.680. The number of carbonyl (C=O) groups excluding carboxylic acids is 1. The first-order chi connectivity index (χ1) is 13.7. The molecule has 7 heteroatoms. The lowest BCUT2D eigenvalue weighted by molar-refractivity contribution is -0.118. The highest BCUT2D eigenvalue weighted by Gasteiger charge is 2.13. The second kappa shape index (κ2) is 7.74. The molecule has 0 atom stereocenters. The Hall–Kier alpha value is -3.32. The maximum Gasteiger partial charge on any atom is 0.264 e. The van der Waals surface area contributed by atoms with Crippen molar-refractivity contribution in [2.75, 3.05) is 26.1 Å². The first-order valence-corrected chi connectivity index (χ1v) is 9.42. The zero-order valence-electron chi connectivity index (χ0n) is 15.4.